The number of aryl methyl sites for hydroxylation is 1. The van der Waals surface area contributed by atoms with Crippen molar-refractivity contribution < 1.29 is 0 Å². The predicted molar refractivity (Wildman–Crippen MR) is 70.8 cm³/mol. The minimum atomic E-state index is 0.190. The first-order valence-electron chi connectivity index (χ1n) is 6.14. The predicted octanol–water partition coefficient (Wildman–Crippen LogP) is 1.13. The van der Waals surface area contributed by atoms with Crippen LogP contribution in [-0.2, 0) is 6.54 Å². The molecule has 7 heteroatoms. The van der Waals surface area contributed by atoms with Crippen LogP contribution in [0.3, 0.4) is 0 Å². The van der Waals surface area contributed by atoms with Crippen molar-refractivity contribution in [2.24, 2.45) is 0 Å². The molecule has 0 aliphatic heterocycles. The lowest BCUT2D eigenvalue weighted by Crippen LogP contribution is -2.23. The van der Waals surface area contributed by atoms with Crippen molar-refractivity contribution in [2.75, 3.05) is 5.32 Å². The van der Waals surface area contributed by atoms with Crippen LogP contribution in [0, 0.1) is 6.92 Å². The largest absolute Gasteiger partial charge is 0.363 e. The van der Waals surface area contributed by atoms with Crippen LogP contribution in [0.15, 0.2) is 30.9 Å². The van der Waals surface area contributed by atoms with Crippen molar-refractivity contribution in [1.82, 2.24) is 29.4 Å². The first-order valence-corrected chi connectivity index (χ1v) is 6.14. The monoisotopic (exact) mass is 257 g/mol. The lowest BCUT2D eigenvalue weighted by atomic mass is 10.3. The third-order valence-electron chi connectivity index (χ3n) is 2.90. The maximum atomic E-state index is 4.33. The molecule has 0 bridgehead atoms. The van der Waals surface area contributed by atoms with Gasteiger partial charge in [0.2, 0.25) is 5.65 Å². The number of hydrogen-bond donors (Lipinski definition) is 1. The van der Waals surface area contributed by atoms with Crippen molar-refractivity contribution in [1.29, 1.82) is 0 Å². The molecular formula is C12H15N7. The maximum absolute atomic E-state index is 4.33. The van der Waals surface area contributed by atoms with E-state index in [9.17, 15) is 0 Å². The van der Waals surface area contributed by atoms with Gasteiger partial charge in [0.1, 0.15) is 5.82 Å². The number of rotatable bonds is 4. The Hall–Kier alpha value is -2.44. The number of nitrogens with zero attached hydrogens (tertiary/aromatic N) is 6. The minimum absolute atomic E-state index is 0.190. The van der Waals surface area contributed by atoms with E-state index in [1.54, 1.807) is 12.4 Å². The van der Waals surface area contributed by atoms with Crippen molar-refractivity contribution in [2.45, 2.75) is 26.4 Å². The lowest BCUT2D eigenvalue weighted by Gasteiger charge is -2.14. The number of fused-ring (bicyclic) bond motifs is 1. The third-order valence-corrected chi connectivity index (χ3v) is 2.90. The van der Waals surface area contributed by atoms with Crippen molar-refractivity contribution in [3.8, 4) is 0 Å². The SMILES string of the molecule is Cc1nnc2c(NC(C)Cn3cccn3)nccn12. The van der Waals surface area contributed by atoms with Gasteiger partial charge in [0.15, 0.2) is 5.82 Å². The average molecular weight is 257 g/mol. The van der Waals surface area contributed by atoms with Crippen LogP contribution < -0.4 is 5.32 Å². The molecule has 1 unspecified atom stereocenters. The molecule has 0 aromatic carbocycles. The zero-order chi connectivity index (χ0) is 13.2. The molecule has 3 heterocycles. The Morgan fingerprint density at radius 2 is 2.16 bits per heavy atom. The van der Waals surface area contributed by atoms with Gasteiger partial charge < -0.3 is 5.32 Å². The summed E-state index contributed by atoms with van der Waals surface area (Å²) in [5.74, 6) is 1.59. The quantitative estimate of drug-likeness (QED) is 0.758. The summed E-state index contributed by atoms with van der Waals surface area (Å²) in [6.45, 7) is 4.76. The average Bonchev–Trinajstić information content (AvgIpc) is 3.01. The van der Waals surface area contributed by atoms with Gasteiger partial charge in [0.25, 0.3) is 0 Å². The van der Waals surface area contributed by atoms with Gasteiger partial charge in [-0.05, 0) is 19.9 Å². The molecule has 98 valence electrons. The number of nitrogens with one attached hydrogen (secondary N) is 1. The molecule has 3 aromatic heterocycles. The Morgan fingerprint density at radius 1 is 1.26 bits per heavy atom. The molecule has 0 spiro atoms. The van der Waals surface area contributed by atoms with Gasteiger partial charge in [0, 0.05) is 30.8 Å². The van der Waals surface area contributed by atoms with Crippen LogP contribution >= 0.6 is 0 Å². The molecule has 0 saturated heterocycles. The van der Waals surface area contributed by atoms with Gasteiger partial charge in [-0.2, -0.15) is 5.10 Å². The lowest BCUT2D eigenvalue weighted by molar-refractivity contribution is 0.560. The van der Waals surface area contributed by atoms with E-state index in [2.05, 4.69) is 32.5 Å². The Balaban J connectivity index is 1.81. The summed E-state index contributed by atoms with van der Waals surface area (Å²) in [5.41, 5.74) is 0.743. The van der Waals surface area contributed by atoms with Crippen LogP contribution in [0.25, 0.3) is 5.65 Å². The van der Waals surface area contributed by atoms with E-state index in [4.69, 9.17) is 0 Å². The molecule has 7 nitrogen and oxygen atoms in total. The van der Waals surface area contributed by atoms with Crippen LogP contribution in [0.1, 0.15) is 12.7 Å². The summed E-state index contributed by atoms with van der Waals surface area (Å²) in [7, 11) is 0. The van der Waals surface area contributed by atoms with E-state index in [1.165, 1.54) is 0 Å². The first-order chi connectivity index (χ1) is 9.24. The van der Waals surface area contributed by atoms with Crippen LogP contribution in [-0.4, -0.2) is 35.4 Å². The molecule has 1 atom stereocenters. The molecule has 0 aliphatic carbocycles. The van der Waals surface area contributed by atoms with E-state index in [1.807, 2.05) is 34.5 Å². The van der Waals surface area contributed by atoms with Gasteiger partial charge in [-0.1, -0.05) is 0 Å². The smallest absolute Gasteiger partial charge is 0.203 e. The summed E-state index contributed by atoms with van der Waals surface area (Å²) in [6, 6.07) is 2.10. The molecule has 0 saturated carbocycles. The highest BCUT2D eigenvalue weighted by Gasteiger charge is 2.10. The normalized spacial score (nSPS) is 12.7. The molecule has 1 N–H and O–H groups in total. The fraction of sp³-hybridized carbons (Fsp3) is 0.333. The topological polar surface area (TPSA) is 72.9 Å². The highest BCUT2D eigenvalue weighted by molar-refractivity contribution is 5.62. The standard InChI is InChI=1S/C12H15N7/c1-9(8-18-6-3-4-14-18)15-11-12-17-16-10(2)19(12)7-5-13-11/h3-7,9H,8H2,1-2H3,(H,13,15). The third kappa shape index (κ3) is 2.26. The second-order valence-corrected chi connectivity index (χ2v) is 4.49. The fourth-order valence-corrected chi connectivity index (χ4v) is 2.01. The van der Waals surface area contributed by atoms with Crippen LogP contribution in [0.4, 0.5) is 5.82 Å². The van der Waals surface area contributed by atoms with E-state index < -0.39 is 0 Å². The van der Waals surface area contributed by atoms with Crippen molar-refractivity contribution >= 4 is 11.5 Å². The maximum Gasteiger partial charge on any atom is 0.203 e. The van der Waals surface area contributed by atoms with Crippen LogP contribution in [0.2, 0.25) is 0 Å². The number of aromatic nitrogens is 6. The second kappa shape index (κ2) is 4.68. The first kappa shape index (κ1) is 11.6. The summed E-state index contributed by atoms with van der Waals surface area (Å²) in [4.78, 5) is 4.33. The van der Waals surface area contributed by atoms with Gasteiger partial charge in [-0.25, -0.2) is 4.98 Å². The molecule has 0 amide bonds. The van der Waals surface area contributed by atoms with E-state index in [0.717, 1.165) is 23.8 Å². The van der Waals surface area contributed by atoms with Crippen LogP contribution in [0.5, 0.6) is 0 Å². The summed E-state index contributed by atoms with van der Waals surface area (Å²) < 4.78 is 3.79. The van der Waals surface area contributed by atoms with Gasteiger partial charge >= 0.3 is 0 Å². The summed E-state index contributed by atoms with van der Waals surface area (Å²) >= 11 is 0. The molecule has 3 rings (SSSR count). The van der Waals surface area contributed by atoms with Gasteiger partial charge in [-0.3, -0.25) is 9.08 Å². The number of hydrogen-bond acceptors (Lipinski definition) is 5. The zero-order valence-corrected chi connectivity index (χ0v) is 10.9. The summed E-state index contributed by atoms with van der Waals surface area (Å²) in [6.07, 6.45) is 7.31. The summed E-state index contributed by atoms with van der Waals surface area (Å²) in [5, 5.41) is 15.7. The molecule has 3 aromatic rings. The second-order valence-electron chi connectivity index (χ2n) is 4.49. The molecule has 0 radical (unpaired) electrons. The Morgan fingerprint density at radius 3 is 2.95 bits per heavy atom. The molecule has 0 aliphatic rings. The van der Waals surface area contributed by atoms with Crippen molar-refractivity contribution in [3.05, 3.63) is 36.7 Å². The van der Waals surface area contributed by atoms with Gasteiger partial charge in [-0.15, -0.1) is 10.2 Å². The fourth-order valence-electron chi connectivity index (χ4n) is 2.01. The van der Waals surface area contributed by atoms with E-state index in [0.29, 0.717) is 0 Å². The Labute approximate surface area is 110 Å². The minimum Gasteiger partial charge on any atom is -0.363 e. The molecule has 19 heavy (non-hydrogen) atoms. The highest BCUT2D eigenvalue weighted by atomic mass is 15.3. The molecule has 0 fully saturated rings. The Kier molecular flexibility index (Phi) is 2.86. The van der Waals surface area contributed by atoms with E-state index >= 15 is 0 Å². The molecular weight excluding hydrogens is 242 g/mol. The van der Waals surface area contributed by atoms with Gasteiger partial charge in [0.05, 0.1) is 6.54 Å². The zero-order valence-electron chi connectivity index (χ0n) is 10.9. The number of anilines is 1. The van der Waals surface area contributed by atoms with Crippen molar-refractivity contribution in [3.63, 3.8) is 0 Å². The van der Waals surface area contributed by atoms with E-state index in [-0.39, 0.29) is 6.04 Å². The Bertz CT molecular complexity index is 671. The highest BCUT2D eigenvalue weighted by Crippen LogP contribution is 2.13.